The van der Waals surface area contributed by atoms with E-state index < -0.39 is 0 Å². The fraction of sp³-hybridized carbons (Fsp3) is 0.450. The molecule has 1 aromatic carbocycles. The summed E-state index contributed by atoms with van der Waals surface area (Å²) in [6, 6.07) is 13.3. The second kappa shape index (κ2) is 6.78. The molecule has 0 N–H and O–H groups in total. The first-order valence-corrected chi connectivity index (χ1v) is 9.55. The third kappa shape index (κ3) is 2.99. The predicted octanol–water partition coefficient (Wildman–Crippen LogP) is 2.15. The largest absolute Gasteiger partial charge is 0.297 e. The van der Waals surface area contributed by atoms with Crippen LogP contribution in [0.2, 0.25) is 0 Å². The third-order valence-corrected chi connectivity index (χ3v) is 5.77. The van der Waals surface area contributed by atoms with Crippen LogP contribution in [0.3, 0.4) is 0 Å². The SMILES string of the molecule is c1ccc2c(c1)CCN(CC1CCCN1Cc1nnc3cccnn13)C2. The quantitative estimate of drug-likeness (QED) is 0.723. The summed E-state index contributed by atoms with van der Waals surface area (Å²) in [7, 11) is 0. The van der Waals surface area contributed by atoms with E-state index in [-0.39, 0.29) is 0 Å². The molecule has 2 aromatic heterocycles. The third-order valence-electron chi connectivity index (χ3n) is 5.77. The summed E-state index contributed by atoms with van der Waals surface area (Å²) >= 11 is 0. The molecule has 0 aliphatic carbocycles. The van der Waals surface area contributed by atoms with Crippen molar-refractivity contribution in [2.24, 2.45) is 0 Å². The van der Waals surface area contributed by atoms with Crippen molar-refractivity contribution in [2.45, 2.75) is 38.4 Å². The first-order chi connectivity index (χ1) is 12.9. The van der Waals surface area contributed by atoms with Crippen molar-refractivity contribution in [3.8, 4) is 0 Å². The highest BCUT2D eigenvalue weighted by atomic mass is 15.4. The van der Waals surface area contributed by atoms with Gasteiger partial charge in [-0.15, -0.1) is 10.2 Å². The molecule has 0 radical (unpaired) electrons. The second-order valence-electron chi connectivity index (χ2n) is 7.43. The van der Waals surface area contributed by atoms with E-state index in [1.807, 2.05) is 16.6 Å². The molecule has 0 spiro atoms. The average molecular weight is 348 g/mol. The van der Waals surface area contributed by atoms with Crippen molar-refractivity contribution in [1.29, 1.82) is 0 Å². The van der Waals surface area contributed by atoms with Gasteiger partial charge < -0.3 is 0 Å². The van der Waals surface area contributed by atoms with Crippen molar-refractivity contribution in [1.82, 2.24) is 29.6 Å². The Bertz CT molecular complexity index is 904. The summed E-state index contributed by atoms with van der Waals surface area (Å²) in [4.78, 5) is 5.18. The van der Waals surface area contributed by atoms with E-state index in [1.165, 1.54) is 30.4 Å². The van der Waals surface area contributed by atoms with Crippen LogP contribution in [0.4, 0.5) is 0 Å². The van der Waals surface area contributed by atoms with Crippen molar-refractivity contribution >= 4 is 5.65 Å². The highest BCUT2D eigenvalue weighted by Gasteiger charge is 2.29. The van der Waals surface area contributed by atoms with E-state index in [2.05, 4.69) is 49.4 Å². The zero-order valence-electron chi connectivity index (χ0n) is 15.0. The van der Waals surface area contributed by atoms with Gasteiger partial charge in [0, 0.05) is 31.9 Å². The molecular formula is C20H24N6. The van der Waals surface area contributed by atoms with Crippen LogP contribution in [-0.4, -0.2) is 55.3 Å². The van der Waals surface area contributed by atoms with E-state index in [9.17, 15) is 0 Å². The molecule has 0 saturated carbocycles. The van der Waals surface area contributed by atoms with E-state index in [1.54, 1.807) is 6.20 Å². The van der Waals surface area contributed by atoms with Crippen LogP contribution in [0.1, 0.15) is 29.8 Å². The van der Waals surface area contributed by atoms with Crippen molar-refractivity contribution in [2.75, 3.05) is 19.6 Å². The van der Waals surface area contributed by atoms with Gasteiger partial charge in [0.2, 0.25) is 0 Å². The van der Waals surface area contributed by atoms with Crippen LogP contribution in [0, 0.1) is 0 Å². The number of likely N-dealkylation sites (tertiary alicyclic amines) is 1. The topological polar surface area (TPSA) is 49.6 Å². The van der Waals surface area contributed by atoms with Crippen LogP contribution in [-0.2, 0) is 19.5 Å². The summed E-state index contributed by atoms with van der Waals surface area (Å²) in [6.07, 6.45) is 5.50. The van der Waals surface area contributed by atoms with Gasteiger partial charge >= 0.3 is 0 Å². The van der Waals surface area contributed by atoms with Gasteiger partial charge in [0.15, 0.2) is 11.5 Å². The monoisotopic (exact) mass is 348 g/mol. The Morgan fingerprint density at radius 3 is 2.88 bits per heavy atom. The Labute approximate surface area is 153 Å². The van der Waals surface area contributed by atoms with Crippen molar-refractivity contribution < 1.29 is 0 Å². The number of aromatic nitrogens is 4. The molecule has 1 fully saturated rings. The lowest BCUT2D eigenvalue weighted by Gasteiger charge is -2.33. The van der Waals surface area contributed by atoms with Gasteiger partial charge in [-0.3, -0.25) is 9.80 Å². The van der Waals surface area contributed by atoms with Gasteiger partial charge in [-0.1, -0.05) is 24.3 Å². The summed E-state index contributed by atoms with van der Waals surface area (Å²) in [5.74, 6) is 0.941. The molecule has 0 bridgehead atoms. The smallest absolute Gasteiger partial charge is 0.177 e. The van der Waals surface area contributed by atoms with Gasteiger partial charge in [0.1, 0.15) is 0 Å². The second-order valence-corrected chi connectivity index (χ2v) is 7.43. The van der Waals surface area contributed by atoms with Crippen LogP contribution < -0.4 is 0 Å². The number of hydrogen-bond acceptors (Lipinski definition) is 5. The average Bonchev–Trinajstić information content (AvgIpc) is 3.29. The van der Waals surface area contributed by atoms with Gasteiger partial charge in [0.25, 0.3) is 0 Å². The normalized spacial score (nSPS) is 21.3. The molecule has 5 rings (SSSR count). The number of benzene rings is 1. The Kier molecular flexibility index (Phi) is 4.15. The fourth-order valence-electron chi connectivity index (χ4n) is 4.39. The Morgan fingerprint density at radius 2 is 1.92 bits per heavy atom. The molecule has 134 valence electrons. The molecule has 4 heterocycles. The molecular weight excluding hydrogens is 324 g/mol. The highest BCUT2D eigenvalue weighted by Crippen LogP contribution is 2.24. The van der Waals surface area contributed by atoms with Gasteiger partial charge in [-0.2, -0.15) is 9.61 Å². The molecule has 2 aliphatic rings. The van der Waals surface area contributed by atoms with Crippen LogP contribution in [0.25, 0.3) is 5.65 Å². The van der Waals surface area contributed by atoms with E-state index in [4.69, 9.17) is 0 Å². The molecule has 2 aliphatic heterocycles. The number of hydrogen-bond donors (Lipinski definition) is 0. The minimum atomic E-state index is 0.594. The number of rotatable bonds is 4. The zero-order chi connectivity index (χ0) is 17.3. The highest BCUT2D eigenvalue weighted by molar-refractivity contribution is 5.34. The Morgan fingerprint density at radius 1 is 1.00 bits per heavy atom. The standard InChI is InChI=1S/C20H24N6/c1-2-6-17-13-24(12-9-16(17)5-1)14-18-7-4-11-25(18)15-20-23-22-19-8-3-10-21-26(19)20/h1-3,5-6,8,10,18H,4,7,9,11-15H2. The van der Waals surface area contributed by atoms with Gasteiger partial charge in [-0.05, 0) is 49.1 Å². The van der Waals surface area contributed by atoms with Crippen LogP contribution >= 0.6 is 0 Å². The molecule has 6 nitrogen and oxygen atoms in total. The van der Waals surface area contributed by atoms with Crippen molar-refractivity contribution in [3.05, 3.63) is 59.5 Å². The first kappa shape index (κ1) is 15.9. The fourth-order valence-corrected chi connectivity index (χ4v) is 4.39. The number of fused-ring (bicyclic) bond motifs is 2. The number of nitrogens with zero attached hydrogens (tertiary/aromatic N) is 6. The molecule has 1 saturated heterocycles. The van der Waals surface area contributed by atoms with E-state index >= 15 is 0 Å². The molecule has 6 heteroatoms. The minimum Gasteiger partial charge on any atom is -0.297 e. The maximum Gasteiger partial charge on any atom is 0.177 e. The lowest BCUT2D eigenvalue weighted by molar-refractivity contribution is 0.154. The van der Waals surface area contributed by atoms with Gasteiger partial charge in [0.05, 0.1) is 6.54 Å². The van der Waals surface area contributed by atoms with E-state index in [0.717, 1.165) is 44.2 Å². The Hall–Kier alpha value is -2.31. The van der Waals surface area contributed by atoms with E-state index in [0.29, 0.717) is 6.04 Å². The maximum atomic E-state index is 4.40. The lowest BCUT2D eigenvalue weighted by atomic mass is 9.99. The summed E-state index contributed by atoms with van der Waals surface area (Å²) < 4.78 is 1.87. The van der Waals surface area contributed by atoms with Crippen molar-refractivity contribution in [3.63, 3.8) is 0 Å². The lowest BCUT2D eigenvalue weighted by Crippen LogP contribution is -2.42. The molecule has 0 amide bonds. The summed E-state index contributed by atoms with van der Waals surface area (Å²) in [6.45, 7) is 5.34. The molecule has 3 aromatic rings. The zero-order valence-corrected chi connectivity index (χ0v) is 15.0. The molecule has 1 unspecified atom stereocenters. The molecule has 26 heavy (non-hydrogen) atoms. The Balaban J connectivity index is 1.28. The first-order valence-electron chi connectivity index (χ1n) is 9.55. The molecule has 1 atom stereocenters. The maximum absolute atomic E-state index is 4.40. The van der Waals surface area contributed by atoms with Crippen LogP contribution in [0.5, 0.6) is 0 Å². The predicted molar refractivity (Wildman–Crippen MR) is 99.6 cm³/mol. The van der Waals surface area contributed by atoms with Crippen LogP contribution in [0.15, 0.2) is 42.6 Å². The van der Waals surface area contributed by atoms with Gasteiger partial charge in [-0.25, -0.2) is 0 Å². The minimum absolute atomic E-state index is 0.594. The summed E-state index contributed by atoms with van der Waals surface area (Å²) in [5, 5.41) is 13.0. The summed E-state index contributed by atoms with van der Waals surface area (Å²) in [5.41, 5.74) is 3.84.